The first-order valence-electron chi connectivity index (χ1n) is 11.7. The summed E-state index contributed by atoms with van der Waals surface area (Å²) in [6, 6.07) is 21.6. The molecule has 0 bridgehead atoms. The predicted octanol–water partition coefficient (Wildman–Crippen LogP) is 5.45. The van der Waals surface area contributed by atoms with Crippen molar-refractivity contribution in [2.75, 3.05) is 5.32 Å². The third-order valence-corrected chi connectivity index (χ3v) is 7.34. The summed E-state index contributed by atoms with van der Waals surface area (Å²) in [5.74, 6) is 0.407. The van der Waals surface area contributed by atoms with E-state index < -0.39 is 0 Å². The van der Waals surface area contributed by atoms with Gasteiger partial charge in [-0.15, -0.1) is 0 Å². The SMILES string of the molecule is CCCn1c(NCc2ccccc2)c(/C=C2/SC(=S)N(Cc3ccccc3)C2=O)c(C)c(C#N)c1=O. The molecule has 1 fully saturated rings. The zero-order valence-corrected chi connectivity index (χ0v) is 21.8. The van der Waals surface area contributed by atoms with Gasteiger partial charge >= 0.3 is 0 Å². The topological polar surface area (TPSA) is 78.1 Å². The molecule has 0 unspecified atom stereocenters. The molecule has 1 amide bonds. The lowest BCUT2D eigenvalue weighted by molar-refractivity contribution is -0.122. The number of hydrogen-bond acceptors (Lipinski definition) is 6. The molecule has 0 saturated carbocycles. The number of thiocarbonyl (C=S) groups is 1. The maximum Gasteiger partial charge on any atom is 0.270 e. The van der Waals surface area contributed by atoms with Crippen LogP contribution in [0.3, 0.4) is 0 Å². The number of hydrogen-bond donors (Lipinski definition) is 1. The van der Waals surface area contributed by atoms with Gasteiger partial charge < -0.3 is 5.32 Å². The summed E-state index contributed by atoms with van der Waals surface area (Å²) >= 11 is 6.77. The van der Waals surface area contributed by atoms with Crippen LogP contribution in [-0.2, 0) is 24.4 Å². The molecule has 3 aromatic rings. The fourth-order valence-electron chi connectivity index (χ4n) is 4.11. The molecular formula is C28H26N4O2S2. The molecule has 0 radical (unpaired) electrons. The summed E-state index contributed by atoms with van der Waals surface area (Å²) in [6.07, 6.45) is 2.48. The maximum absolute atomic E-state index is 13.4. The van der Waals surface area contributed by atoms with E-state index in [1.807, 2.05) is 67.6 Å². The number of nitriles is 1. The molecular weight excluding hydrogens is 488 g/mol. The second kappa shape index (κ2) is 11.4. The summed E-state index contributed by atoms with van der Waals surface area (Å²) in [7, 11) is 0. The second-order valence-electron chi connectivity index (χ2n) is 8.42. The third-order valence-electron chi connectivity index (χ3n) is 5.96. The maximum atomic E-state index is 13.4. The number of thioether (sulfide) groups is 1. The van der Waals surface area contributed by atoms with E-state index in [4.69, 9.17) is 12.2 Å². The molecule has 36 heavy (non-hydrogen) atoms. The largest absolute Gasteiger partial charge is 0.367 e. The highest BCUT2D eigenvalue weighted by Crippen LogP contribution is 2.36. The Morgan fingerprint density at radius 2 is 1.69 bits per heavy atom. The lowest BCUT2D eigenvalue weighted by Crippen LogP contribution is -2.28. The molecule has 1 aliphatic rings. The second-order valence-corrected chi connectivity index (χ2v) is 10.1. The lowest BCUT2D eigenvalue weighted by Gasteiger charge is -2.20. The molecule has 2 heterocycles. The van der Waals surface area contributed by atoms with Gasteiger partial charge in [0.05, 0.1) is 11.4 Å². The summed E-state index contributed by atoms with van der Waals surface area (Å²) in [6.45, 7) is 5.06. The van der Waals surface area contributed by atoms with Crippen LogP contribution in [0.25, 0.3) is 6.08 Å². The fourth-order valence-corrected chi connectivity index (χ4v) is 5.34. The summed E-state index contributed by atoms with van der Waals surface area (Å²) < 4.78 is 2.08. The number of amides is 1. The van der Waals surface area contributed by atoms with Crippen molar-refractivity contribution in [3.8, 4) is 6.07 Å². The van der Waals surface area contributed by atoms with E-state index >= 15 is 0 Å². The van der Waals surface area contributed by atoms with Gasteiger partial charge in [-0.3, -0.25) is 19.1 Å². The Hall–Kier alpha value is -3.67. The van der Waals surface area contributed by atoms with Crippen LogP contribution in [0.15, 0.2) is 70.4 Å². The van der Waals surface area contributed by atoms with Gasteiger partial charge in [-0.1, -0.05) is 91.6 Å². The Balaban J connectivity index is 1.78. The Kier molecular flexibility index (Phi) is 8.04. The Morgan fingerprint density at radius 3 is 2.31 bits per heavy atom. The number of anilines is 1. The minimum absolute atomic E-state index is 0.0831. The number of benzene rings is 2. The fraction of sp³-hybridized carbons (Fsp3) is 0.214. The van der Waals surface area contributed by atoms with Crippen molar-refractivity contribution in [3.63, 3.8) is 0 Å². The molecule has 0 spiro atoms. The highest BCUT2D eigenvalue weighted by Gasteiger charge is 2.33. The van der Waals surface area contributed by atoms with E-state index in [1.54, 1.807) is 22.5 Å². The number of carbonyl (C=O) groups is 1. The van der Waals surface area contributed by atoms with Crippen molar-refractivity contribution >= 4 is 46.1 Å². The van der Waals surface area contributed by atoms with Crippen molar-refractivity contribution in [2.24, 2.45) is 0 Å². The first kappa shape index (κ1) is 25.4. The van der Waals surface area contributed by atoms with E-state index in [0.29, 0.717) is 52.2 Å². The van der Waals surface area contributed by atoms with Crippen molar-refractivity contribution in [1.29, 1.82) is 5.26 Å². The van der Waals surface area contributed by atoms with Crippen LogP contribution in [0.5, 0.6) is 0 Å². The van der Waals surface area contributed by atoms with Crippen LogP contribution < -0.4 is 10.9 Å². The minimum atomic E-state index is -0.332. The number of nitrogens with zero attached hydrogens (tertiary/aromatic N) is 3. The van der Waals surface area contributed by atoms with Gasteiger partial charge in [-0.05, 0) is 36.1 Å². The molecule has 4 rings (SSSR count). The average Bonchev–Trinajstić information content (AvgIpc) is 3.15. The number of rotatable bonds is 8. The van der Waals surface area contributed by atoms with Gasteiger partial charge in [0.2, 0.25) is 0 Å². The van der Waals surface area contributed by atoms with Gasteiger partial charge in [0.1, 0.15) is 21.8 Å². The van der Waals surface area contributed by atoms with E-state index in [0.717, 1.165) is 11.1 Å². The van der Waals surface area contributed by atoms with Gasteiger partial charge in [-0.2, -0.15) is 5.26 Å². The van der Waals surface area contributed by atoms with Crippen molar-refractivity contribution in [2.45, 2.75) is 39.9 Å². The van der Waals surface area contributed by atoms with Crippen LogP contribution in [0.2, 0.25) is 0 Å². The smallest absolute Gasteiger partial charge is 0.270 e. The predicted molar refractivity (Wildman–Crippen MR) is 149 cm³/mol. The Bertz CT molecular complexity index is 1420. The molecule has 182 valence electrons. The van der Waals surface area contributed by atoms with Crippen LogP contribution in [0.4, 0.5) is 5.82 Å². The first-order chi connectivity index (χ1) is 17.4. The summed E-state index contributed by atoms with van der Waals surface area (Å²) in [4.78, 5) is 28.6. The Morgan fingerprint density at radius 1 is 1.06 bits per heavy atom. The summed E-state index contributed by atoms with van der Waals surface area (Å²) in [5, 5.41) is 13.2. The van der Waals surface area contributed by atoms with Gasteiger partial charge in [-0.25, -0.2) is 0 Å². The molecule has 0 atom stereocenters. The van der Waals surface area contributed by atoms with Crippen molar-refractivity contribution in [3.05, 3.63) is 104 Å². The summed E-state index contributed by atoms with van der Waals surface area (Å²) in [5.41, 5.74) is 2.98. The number of nitrogens with one attached hydrogen (secondary N) is 1. The number of carbonyl (C=O) groups excluding carboxylic acids is 1. The van der Waals surface area contributed by atoms with E-state index in [-0.39, 0.29) is 17.0 Å². The molecule has 1 N–H and O–H groups in total. The highest BCUT2D eigenvalue weighted by molar-refractivity contribution is 8.26. The highest BCUT2D eigenvalue weighted by atomic mass is 32.2. The van der Waals surface area contributed by atoms with Crippen LogP contribution >= 0.6 is 24.0 Å². The zero-order chi connectivity index (χ0) is 25.7. The van der Waals surface area contributed by atoms with Gasteiger partial charge in [0.25, 0.3) is 11.5 Å². The standard InChI is InChI=1S/C28H26N4O2S2/c1-3-14-31-25(30-17-20-10-6-4-7-11-20)22(19(2)23(16-29)26(31)33)15-24-27(34)32(28(35)36-24)18-21-12-8-5-9-13-21/h4-13,15,30H,3,14,17-18H2,1-2H3/b24-15+. The number of pyridine rings is 1. The third kappa shape index (κ3) is 5.27. The van der Waals surface area contributed by atoms with Crippen LogP contribution in [0.1, 0.15) is 41.2 Å². The lowest BCUT2D eigenvalue weighted by atomic mass is 10.0. The molecule has 8 heteroatoms. The molecule has 6 nitrogen and oxygen atoms in total. The van der Waals surface area contributed by atoms with Gasteiger partial charge in [0.15, 0.2) is 0 Å². The molecule has 2 aromatic carbocycles. The quantitative estimate of drug-likeness (QED) is 0.318. The Labute approximate surface area is 220 Å². The molecule has 0 aliphatic carbocycles. The van der Waals surface area contributed by atoms with E-state index in [2.05, 4.69) is 11.4 Å². The number of aromatic nitrogens is 1. The average molecular weight is 515 g/mol. The van der Waals surface area contributed by atoms with Gasteiger partial charge in [0, 0.05) is 18.7 Å². The monoisotopic (exact) mass is 514 g/mol. The van der Waals surface area contributed by atoms with Crippen LogP contribution in [0, 0.1) is 18.3 Å². The molecule has 1 aliphatic heterocycles. The molecule has 1 saturated heterocycles. The normalized spacial score (nSPS) is 14.4. The minimum Gasteiger partial charge on any atom is -0.367 e. The van der Waals surface area contributed by atoms with Crippen molar-refractivity contribution < 1.29 is 4.79 Å². The zero-order valence-electron chi connectivity index (χ0n) is 20.2. The van der Waals surface area contributed by atoms with Crippen molar-refractivity contribution in [1.82, 2.24) is 9.47 Å². The first-order valence-corrected chi connectivity index (χ1v) is 12.9. The van der Waals surface area contributed by atoms with E-state index in [1.165, 1.54) is 11.8 Å². The molecule has 1 aromatic heterocycles. The van der Waals surface area contributed by atoms with Crippen LogP contribution in [-0.4, -0.2) is 19.7 Å². The van der Waals surface area contributed by atoms with E-state index in [9.17, 15) is 14.9 Å².